The van der Waals surface area contributed by atoms with Crippen LogP contribution in [0, 0.1) is 11.3 Å². The van der Waals surface area contributed by atoms with E-state index in [9.17, 15) is 4.79 Å². The molecule has 20 heavy (non-hydrogen) atoms. The third-order valence-electron chi connectivity index (χ3n) is 4.45. The van der Waals surface area contributed by atoms with E-state index >= 15 is 0 Å². The van der Waals surface area contributed by atoms with Crippen LogP contribution in [-0.4, -0.2) is 16.5 Å². The lowest BCUT2D eigenvalue weighted by Crippen LogP contribution is -2.23. The molecule has 0 unspecified atom stereocenters. The first-order valence-corrected chi connectivity index (χ1v) is 7.04. The number of anilines is 2. The van der Waals surface area contributed by atoms with Gasteiger partial charge in [0.05, 0.1) is 10.9 Å². The van der Waals surface area contributed by atoms with Crippen LogP contribution in [0.1, 0.15) is 26.7 Å². The molecule has 0 bridgehead atoms. The number of fused-ring (bicyclic) bond motifs is 1. The molecule has 3 rings (SSSR count). The summed E-state index contributed by atoms with van der Waals surface area (Å²) in [7, 11) is 0. The molecule has 1 aromatic heterocycles. The van der Waals surface area contributed by atoms with Gasteiger partial charge in [0.2, 0.25) is 5.95 Å². The van der Waals surface area contributed by atoms with Crippen molar-refractivity contribution < 1.29 is 0 Å². The van der Waals surface area contributed by atoms with E-state index in [-0.39, 0.29) is 5.56 Å². The van der Waals surface area contributed by atoms with Crippen LogP contribution in [0.3, 0.4) is 0 Å². The molecule has 1 aliphatic carbocycles. The van der Waals surface area contributed by atoms with Gasteiger partial charge in [-0.05, 0) is 42.4 Å². The highest BCUT2D eigenvalue weighted by Crippen LogP contribution is 2.51. The fourth-order valence-electron chi connectivity index (χ4n) is 2.62. The molecule has 5 heteroatoms. The van der Waals surface area contributed by atoms with Crippen molar-refractivity contribution in [2.75, 3.05) is 17.6 Å². The Morgan fingerprint density at radius 3 is 2.85 bits per heavy atom. The summed E-state index contributed by atoms with van der Waals surface area (Å²) in [5, 5.41) is 3.81. The zero-order valence-corrected chi connectivity index (χ0v) is 11.9. The van der Waals surface area contributed by atoms with Gasteiger partial charge in [0.1, 0.15) is 0 Å². The standard InChI is InChI=1S/C15H20N4O/c1-9(2)15(5-6-15)8-17-14-18-12-4-3-10(16)7-11(12)13(20)19-14/h3-4,7,9H,5-6,8,16H2,1-2H3,(H2,17,18,19,20). The van der Waals surface area contributed by atoms with Crippen molar-refractivity contribution in [2.24, 2.45) is 11.3 Å². The molecule has 0 atom stereocenters. The number of hydrogen-bond donors (Lipinski definition) is 3. The van der Waals surface area contributed by atoms with E-state index in [0.29, 0.717) is 33.9 Å². The number of nitrogen functional groups attached to an aromatic ring is 1. The van der Waals surface area contributed by atoms with E-state index in [1.807, 2.05) is 0 Å². The van der Waals surface area contributed by atoms with Crippen LogP contribution in [0.15, 0.2) is 23.0 Å². The molecule has 2 aromatic rings. The monoisotopic (exact) mass is 272 g/mol. The van der Waals surface area contributed by atoms with E-state index in [1.54, 1.807) is 18.2 Å². The molecule has 5 nitrogen and oxygen atoms in total. The molecule has 1 aliphatic rings. The van der Waals surface area contributed by atoms with Crippen molar-refractivity contribution in [1.29, 1.82) is 0 Å². The lowest BCUT2D eigenvalue weighted by Gasteiger charge is -2.20. The average Bonchev–Trinajstić information content (AvgIpc) is 3.18. The van der Waals surface area contributed by atoms with E-state index in [2.05, 4.69) is 29.1 Å². The largest absolute Gasteiger partial charge is 0.399 e. The summed E-state index contributed by atoms with van der Waals surface area (Å²) in [6.45, 7) is 5.34. The minimum atomic E-state index is -0.154. The van der Waals surface area contributed by atoms with Crippen LogP contribution in [0.25, 0.3) is 10.9 Å². The zero-order valence-electron chi connectivity index (χ0n) is 11.9. The van der Waals surface area contributed by atoms with Crippen LogP contribution in [0.2, 0.25) is 0 Å². The SMILES string of the molecule is CC(C)C1(CNc2nc3ccc(N)cc3c(=O)[nH]2)CC1. The first-order valence-electron chi connectivity index (χ1n) is 7.04. The predicted octanol–water partition coefficient (Wildman–Crippen LogP) is 2.35. The van der Waals surface area contributed by atoms with Gasteiger partial charge in [0, 0.05) is 12.2 Å². The van der Waals surface area contributed by atoms with Gasteiger partial charge in [0.25, 0.3) is 5.56 Å². The van der Waals surface area contributed by atoms with Gasteiger partial charge in [-0.3, -0.25) is 9.78 Å². The highest BCUT2D eigenvalue weighted by atomic mass is 16.1. The van der Waals surface area contributed by atoms with E-state index in [1.165, 1.54) is 12.8 Å². The molecule has 0 radical (unpaired) electrons. The first kappa shape index (κ1) is 13.0. The molecule has 1 aromatic carbocycles. The topological polar surface area (TPSA) is 83.8 Å². The summed E-state index contributed by atoms with van der Waals surface area (Å²) < 4.78 is 0. The van der Waals surface area contributed by atoms with Crippen molar-refractivity contribution >= 4 is 22.5 Å². The number of nitrogens with zero attached hydrogens (tertiary/aromatic N) is 1. The maximum absolute atomic E-state index is 12.0. The molecule has 0 saturated heterocycles. The van der Waals surface area contributed by atoms with E-state index < -0.39 is 0 Å². The zero-order chi connectivity index (χ0) is 14.3. The van der Waals surface area contributed by atoms with Crippen molar-refractivity contribution in [2.45, 2.75) is 26.7 Å². The van der Waals surface area contributed by atoms with Crippen LogP contribution in [0.4, 0.5) is 11.6 Å². The van der Waals surface area contributed by atoms with Crippen LogP contribution >= 0.6 is 0 Å². The van der Waals surface area contributed by atoms with Crippen molar-refractivity contribution in [3.05, 3.63) is 28.6 Å². The highest BCUT2D eigenvalue weighted by molar-refractivity contribution is 5.81. The molecule has 1 fully saturated rings. The summed E-state index contributed by atoms with van der Waals surface area (Å²) in [5.41, 5.74) is 7.15. The Bertz CT molecular complexity index is 701. The predicted molar refractivity (Wildman–Crippen MR) is 81.8 cm³/mol. The third-order valence-corrected chi connectivity index (χ3v) is 4.45. The average molecular weight is 272 g/mol. The van der Waals surface area contributed by atoms with Gasteiger partial charge in [-0.2, -0.15) is 0 Å². The number of nitrogens with one attached hydrogen (secondary N) is 2. The van der Waals surface area contributed by atoms with Crippen LogP contribution < -0.4 is 16.6 Å². The maximum Gasteiger partial charge on any atom is 0.260 e. The second-order valence-corrected chi connectivity index (χ2v) is 6.06. The van der Waals surface area contributed by atoms with Gasteiger partial charge in [-0.15, -0.1) is 0 Å². The number of aromatic amines is 1. The Morgan fingerprint density at radius 2 is 2.20 bits per heavy atom. The second-order valence-electron chi connectivity index (χ2n) is 6.06. The lowest BCUT2D eigenvalue weighted by molar-refractivity contribution is 0.379. The van der Waals surface area contributed by atoms with Crippen molar-refractivity contribution in [3.8, 4) is 0 Å². The number of nitrogens with two attached hydrogens (primary N) is 1. The fraction of sp³-hybridized carbons (Fsp3) is 0.467. The molecular formula is C15H20N4O. The summed E-state index contributed by atoms with van der Waals surface area (Å²) in [6.07, 6.45) is 2.48. The Hall–Kier alpha value is -2.04. The van der Waals surface area contributed by atoms with Gasteiger partial charge < -0.3 is 11.1 Å². The van der Waals surface area contributed by atoms with Gasteiger partial charge in [-0.25, -0.2) is 4.98 Å². The van der Waals surface area contributed by atoms with Crippen LogP contribution in [0.5, 0.6) is 0 Å². The number of hydrogen-bond acceptors (Lipinski definition) is 4. The molecule has 106 valence electrons. The number of benzene rings is 1. The first-order chi connectivity index (χ1) is 9.50. The normalized spacial score (nSPS) is 16.6. The van der Waals surface area contributed by atoms with E-state index in [0.717, 1.165) is 6.54 Å². The maximum atomic E-state index is 12.0. The molecule has 4 N–H and O–H groups in total. The highest BCUT2D eigenvalue weighted by Gasteiger charge is 2.45. The van der Waals surface area contributed by atoms with E-state index in [4.69, 9.17) is 5.73 Å². The second kappa shape index (κ2) is 4.51. The number of rotatable bonds is 4. The number of aromatic nitrogens is 2. The smallest absolute Gasteiger partial charge is 0.260 e. The van der Waals surface area contributed by atoms with Crippen molar-refractivity contribution in [3.63, 3.8) is 0 Å². The molecule has 1 heterocycles. The molecule has 0 aliphatic heterocycles. The Balaban J connectivity index is 1.86. The Kier molecular flexibility index (Phi) is 2.92. The summed E-state index contributed by atoms with van der Waals surface area (Å²) in [4.78, 5) is 19.3. The lowest BCUT2D eigenvalue weighted by atomic mass is 9.92. The van der Waals surface area contributed by atoms with Crippen molar-refractivity contribution in [1.82, 2.24) is 9.97 Å². The van der Waals surface area contributed by atoms with Crippen LogP contribution in [-0.2, 0) is 0 Å². The Morgan fingerprint density at radius 1 is 1.45 bits per heavy atom. The summed E-state index contributed by atoms with van der Waals surface area (Å²) >= 11 is 0. The van der Waals surface area contributed by atoms with Gasteiger partial charge >= 0.3 is 0 Å². The van der Waals surface area contributed by atoms with Gasteiger partial charge in [0.15, 0.2) is 0 Å². The molecule has 0 spiro atoms. The molecule has 0 amide bonds. The fourth-order valence-corrected chi connectivity index (χ4v) is 2.62. The summed E-state index contributed by atoms with van der Waals surface area (Å²) in [6, 6.07) is 5.19. The Labute approximate surface area is 117 Å². The minimum Gasteiger partial charge on any atom is -0.399 e. The molecular weight excluding hydrogens is 252 g/mol. The van der Waals surface area contributed by atoms with Gasteiger partial charge in [-0.1, -0.05) is 13.8 Å². The minimum absolute atomic E-state index is 0.154. The third kappa shape index (κ3) is 2.24. The summed E-state index contributed by atoms with van der Waals surface area (Å²) in [5.74, 6) is 1.18. The quantitative estimate of drug-likeness (QED) is 0.746. The molecule has 1 saturated carbocycles. The number of H-pyrrole nitrogens is 1.